The van der Waals surface area contributed by atoms with Crippen molar-refractivity contribution < 1.29 is 27.3 Å². The Balaban J connectivity index is 1.99. The van der Waals surface area contributed by atoms with Crippen LogP contribution in [0.1, 0.15) is 28.9 Å². The van der Waals surface area contributed by atoms with E-state index in [0.29, 0.717) is 45.4 Å². The van der Waals surface area contributed by atoms with Gasteiger partial charge < -0.3 is 19.3 Å². The van der Waals surface area contributed by atoms with Crippen LogP contribution < -0.4 is 9.62 Å². The van der Waals surface area contributed by atoms with Crippen molar-refractivity contribution in [2.45, 2.75) is 19.1 Å². The Morgan fingerprint density at radius 2 is 2.00 bits per heavy atom. The number of furan rings is 1. The number of hydrogen-bond acceptors (Lipinski definition) is 5. The van der Waals surface area contributed by atoms with Crippen LogP contribution in [-0.4, -0.2) is 42.4 Å². The highest BCUT2D eigenvalue weighted by atomic mass is 32.2. The maximum atomic E-state index is 13.4. The number of anilines is 1. The summed E-state index contributed by atoms with van der Waals surface area (Å²) in [5.74, 6) is -0.454. The van der Waals surface area contributed by atoms with E-state index in [1.165, 1.54) is 37.6 Å². The molecule has 162 valence electrons. The molecule has 9 heteroatoms. The molecule has 0 radical (unpaired) electrons. The average Bonchev–Trinajstić information content (AvgIpc) is 3.06. The number of carbonyl (C=O) groups excluding carboxylic acids is 2. The number of nitrogens with zero attached hydrogens (tertiary/aromatic N) is 1. The summed E-state index contributed by atoms with van der Waals surface area (Å²) in [5.41, 5.74) is 2.55. The first-order valence-electron chi connectivity index (χ1n) is 9.64. The summed E-state index contributed by atoms with van der Waals surface area (Å²) in [6.45, 7) is 1.92. The number of halogens is 1. The number of rotatable bonds is 4. The second-order valence-electron chi connectivity index (χ2n) is 7.24. The van der Waals surface area contributed by atoms with Crippen LogP contribution in [-0.2, 0) is 20.5 Å². The summed E-state index contributed by atoms with van der Waals surface area (Å²) < 4.78 is 39.3. The molecule has 0 aliphatic carbocycles. The van der Waals surface area contributed by atoms with Gasteiger partial charge in [-0.05, 0) is 37.3 Å². The molecule has 3 unspecified atom stereocenters. The van der Waals surface area contributed by atoms with Crippen LogP contribution in [0.3, 0.4) is 0 Å². The van der Waals surface area contributed by atoms with Gasteiger partial charge in [-0.2, -0.15) is 0 Å². The summed E-state index contributed by atoms with van der Waals surface area (Å²) >= 11 is 0. The molecule has 0 saturated carbocycles. The molecule has 0 bridgehead atoms. The quantitative estimate of drug-likeness (QED) is 0.624. The molecule has 2 aromatic carbocycles. The molecule has 1 aliphatic rings. The van der Waals surface area contributed by atoms with Crippen molar-refractivity contribution in [3.05, 3.63) is 53.3 Å². The fraction of sp³-hybridized carbons (Fsp3) is 0.273. The molecule has 0 fully saturated rings. The molecule has 1 aliphatic heterocycles. The van der Waals surface area contributed by atoms with E-state index in [4.69, 9.17) is 9.15 Å². The zero-order valence-electron chi connectivity index (χ0n) is 17.2. The van der Waals surface area contributed by atoms with Crippen LogP contribution >= 0.6 is 0 Å². The largest absolute Gasteiger partial charge is 0.455 e. The van der Waals surface area contributed by atoms with Gasteiger partial charge in [0.1, 0.15) is 34.3 Å². The van der Waals surface area contributed by atoms with E-state index in [9.17, 15) is 18.2 Å². The zero-order chi connectivity index (χ0) is 22.3. The Kier molecular flexibility index (Phi) is 5.63. The topological polar surface area (TPSA) is 88.8 Å². The maximum Gasteiger partial charge on any atom is 0.255 e. The number of ether oxygens (including phenoxy) is 1. The third-order valence-corrected chi connectivity index (χ3v) is 6.26. The summed E-state index contributed by atoms with van der Waals surface area (Å²) in [5, 5.41) is 3.16. The molecule has 0 saturated heterocycles. The highest BCUT2D eigenvalue weighted by Crippen LogP contribution is 2.41. The molecular formula is C22H21FN2O5S. The smallest absolute Gasteiger partial charge is 0.255 e. The van der Waals surface area contributed by atoms with Gasteiger partial charge in [0.2, 0.25) is 0 Å². The fourth-order valence-corrected chi connectivity index (χ4v) is 4.60. The number of hydrogen-bond donors (Lipinski definition) is 1. The van der Waals surface area contributed by atoms with E-state index < -0.39 is 29.0 Å². The number of fused-ring (bicyclic) bond motifs is 2. The van der Waals surface area contributed by atoms with Gasteiger partial charge in [-0.3, -0.25) is 9.10 Å². The molecule has 3 atom stereocenters. The third-order valence-electron chi connectivity index (χ3n) is 5.29. The van der Waals surface area contributed by atoms with Crippen LogP contribution in [0.25, 0.3) is 22.3 Å². The minimum atomic E-state index is -1.42. The minimum Gasteiger partial charge on any atom is -0.455 e. The monoisotopic (exact) mass is 444 g/mol. The first kappa shape index (κ1) is 21.2. The molecule has 3 aromatic rings. The van der Waals surface area contributed by atoms with Gasteiger partial charge in [-0.15, -0.1) is 0 Å². The molecule has 7 nitrogen and oxygen atoms in total. The summed E-state index contributed by atoms with van der Waals surface area (Å²) in [6, 6.07) is 9.14. The molecule has 1 amide bonds. The van der Waals surface area contributed by atoms with E-state index in [1.54, 1.807) is 23.4 Å². The van der Waals surface area contributed by atoms with Crippen LogP contribution in [0, 0.1) is 5.82 Å². The lowest BCUT2D eigenvalue weighted by Crippen LogP contribution is -2.34. The van der Waals surface area contributed by atoms with Gasteiger partial charge in [0, 0.05) is 35.9 Å². The summed E-state index contributed by atoms with van der Waals surface area (Å²) in [6.07, 6.45) is 0.985. The lowest BCUT2D eigenvalue weighted by Gasteiger charge is -2.22. The first-order valence-corrected chi connectivity index (χ1v) is 11.2. The van der Waals surface area contributed by atoms with Crippen LogP contribution in [0.15, 0.2) is 40.8 Å². The second-order valence-corrected chi connectivity index (χ2v) is 8.53. The molecule has 2 heterocycles. The van der Waals surface area contributed by atoms with Crippen molar-refractivity contribution in [2.24, 2.45) is 0 Å². The lowest BCUT2D eigenvalue weighted by molar-refractivity contribution is -0.120. The molecule has 1 aromatic heterocycles. The Labute approximate surface area is 180 Å². The van der Waals surface area contributed by atoms with Crippen molar-refractivity contribution >= 4 is 39.8 Å². The van der Waals surface area contributed by atoms with E-state index in [0.717, 1.165) is 0 Å². The fourth-order valence-electron chi connectivity index (χ4n) is 3.80. The van der Waals surface area contributed by atoms with Crippen molar-refractivity contribution in [1.29, 1.82) is 0 Å². The number of carbonyl (C=O) groups is 2. The van der Waals surface area contributed by atoms with Gasteiger partial charge >= 0.3 is 0 Å². The number of amides is 1. The lowest BCUT2D eigenvalue weighted by atomic mass is 10.0. The van der Waals surface area contributed by atoms with Gasteiger partial charge in [-0.1, -0.05) is 0 Å². The van der Waals surface area contributed by atoms with Crippen LogP contribution in [0.4, 0.5) is 10.1 Å². The summed E-state index contributed by atoms with van der Waals surface area (Å²) in [4.78, 5) is 24.2. The van der Waals surface area contributed by atoms with Crippen molar-refractivity contribution in [3.63, 3.8) is 0 Å². The molecule has 31 heavy (non-hydrogen) atoms. The summed E-state index contributed by atoms with van der Waals surface area (Å²) in [7, 11) is 0.0949. The van der Waals surface area contributed by atoms with Gasteiger partial charge in [0.05, 0.1) is 23.9 Å². The minimum absolute atomic E-state index is 0.128. The van der Waals surface area contributed by atoms with E-state index in [2.05, 4.69) is 5.32 Å². The Morgan fingerprint density at radius 1 is 1.29 bits per heavy atom. The molecule has 1 N–H and O–H groups in total. The number of benzene rings is 2. The third kappa shape index (κ3) is 3.75. The number of aldehydes is 1. The highest BCUT2D eigenvalue weighted by Gasteiger charge is 2.31. The van der Waals surface area contributed by atoms with E-state index >= 15 is 0 Å². The van der Waals surface area contributed by atoms with Crippen molar-refractivity contribution in [3.8, 4) is 11.3 Å². The Morgan fingerprint density at radius 3 is 2.61 bits per heavy atom. The first-order chi connectivity index (χ1) is 14.8. The van der Waals surface area contributed by atoms with Gasteiger partial charge in [-0.25, -0.2) is 8.60 Å². The maximum absolute atomic E-state index is 13.4. The van der Waals surface area contributed by atoms with Gasteiger partial charge in [0.15, 0.2) is 6.29 Å². The molecule has 4 rings (SSSR count). The van der Waals surface area contributed by atoms with Crippen LogP contribution in [0.2, 0.25) is 0 Å². The predicted molar refractivity (Wildman–Crippen MR) is 116 cm³/mol. The van der Waals surface area contributed by atoms with E-state index in [1.807, 2.05) is 0 Å². The number of nitrogens with one attached hydrogen (secondary N) is 1. The zero-order valence-corrected chi connectivity index (χ0v) is 18.0. The molecular weight excluding hydrogens is 423 g/mol. The van der Waals surface area contributed by atoms with Crippen molar-refractivity contribution in [1.82, 2.24) is 5.32 Å². The Hall–Kier alpha value is -3.04. The second kappa shape index (κ2) is 8.24. The van der Waals surface area contributed by atoms with Gasteiger partial charge in [0.25, 0.3) is 5.91 Å². The Bertz CT molecular complexity index is 1190. The normalized spacial score (nSPS) is 19.5. The van der Waals surface area contributed by atoms with Crippen molar-refractivity contribution in [2.75, 3.05) is 24.2 Å². The predicted octanol–water partition coefficient (Wildman–Crippen LogP) is 3.36. The molecule has 0 spiro atoms. The van der Waals surface area contributed by atoms with E-state index in [-0.39, 0.29) is 12.5 Å². The SMILES string of the molecule is CNC(=O)c1c(-c2ccc(F)cc2)oc2cc3c(cc12)C(C)OC(C=O)CN3S(C)=O. The highest BCUT2D eigenvalue weighted by molar-refractivity contribution is 7.85. The average molecular weight is 444 g/mol. The van der Waals surface area contributed by atoms with Crippen LogP contribution in [0.5, 0.6) is 0 Å². The standard InChI is InChI=1S/C22H21FN2O5S/c1-12-16-8-17-19(9-18(16)25(31(3)28)10-15(11-26)29-12)30-21(20(17)22(27)24-2)13-4-6-14(23)7-5-13/h4-9,11-12,15H,10H2,1-3H3,(H,24,27).